The minimum absolute atomic E-state index is 0.301. The number of hydrogen-bond donors (Lipinski definition) is 1. The van der Waals surface area contributed by atoms with Crippen LogP contribution >= 0.6 is 0 Å². The maximum atomic E-state index is 14.3. The molecule has 1 amide bonds. The van der Waals surface area contributed by atoms with Gasteiger partial charge in [0.1, 0.15) is 17.5 Å². The molecule has 2 aromatic heterocycles. The van der Waals surface area contributed by atoms with E-state index in [-0.39, 0.29) is 11.9 Å². The lowest BCUT2D eigenvalue weighted by molar-refractivity contribution is 0.0938. The number of nitrogens with zero attached hydrogens (tertiary/aromatic N) is 4. The largest absolute Gasteiger partial charge is 0.365 e. The number of halogens is 3. The zero-order chi connectivity index (χ0) is 25.1. The molecule has 3 aromatic rings. The molecule has 1 aromatic carbocycles. The van der Waals surface area contributed by atoms with Gasteiger partial charge < -0.3 is 10.2 Å². The van der Waals surface area contributed by atoms with E-state index < -0.39 is 23.5 Å². The number of amides is 1. The van der Waals surface area contributed by atoms with Crippen LogP contribution in [0.2, 0.25) is 0 Å². The number of benzene rings is 1. The van der Waals surface area contributed by atoms with E-state index in [0.717, 1.165) is 24.8 Å². The maximum Gasteiger partial charge on any atom is 0.255 e. The fourth-order valence-corrected chi connectivity index (χ4v) is 4.24. The summed E-state index contributed by atoms with van der Waals surface area (Å²) in [5, 5.41) is 7.10. The number of pyridine rings is 1. The molecule has 1 fully saturated rings. The molecule has 2 atom stereocenters. The van der Waals surface area contributed by atoms with Crippen LogP contribution in [0.15, 0.2) is 61.1 Å². The summed E-state index contributed by atoms with van der Waals surface area (Å²) in [6.45, 7) is 8.29. The van der Waals surface area contributed by atoms with Crippen LogP contribution in [0.3, 0.4) is 0 Å². The minimum atomic E-state index is -0.475. The number of allylic oxidation sites excluding steroid dienone is 1. The minimum Gasteiger partial charge on any atom is -0.365 e. The summed E-state index contributed by atoms with van der Waals surface area (Å²) in [4.78, 5) is 18.7. The van der Waals surface area contributed by atoms with E-state index in [1.54, 1.807) is 30.8 Å². The lowest BCUT2D eigenvalue weighted by atomic mass is 10.0. The predicted molar refractivity (Wildman–Crippen MR) is 127 cm³/mol. The summed E-state index contributed by atoms with van der Waals surface area (Å²) in [7, 11) is 0. The molecule has 1 aliphatic heterocycles. The van der Waals surface area contributed by atoms with Crippen molar-refractivity contribution >= 4 is 12.1 Å². The first-order chi connectivity index (χ1) is 16.7. The average molecular weight is 482 g/mol. The van der Waals surface area contributed by atoms with Gasteiger partial charge in [0.05, 0.1) is 41.4 Å². The highest BCUT2D eigenvalue weighted by atomic mass is 19.1. The Balaban J connectivity index is 1.44. The molecule has 0 spiro atoms. The fourth-order valence-electron chi connectivity index (χ4n) is 4.24. The van der Waals surface area contributed by atoms with Crippen molar-refractivity contribution in [2.24, 2.45) is 0 Å². The van der Waals surface area contributed by atoms with Crippen molar-refractivity contribution in [3.8, 4) is 0 Å². The number of likely N-dealkylation sites (tertiary alicyclic amines) is 1. The van der Waals surface area contributed by atoms with Gasteiger partial charge in [-0.25, -0.2) is 17.9 Å². The third-order valence-electron chi connectivity index (χ3n) is 6.18. The molecule has 182 valence electrons. The normalized spacial score (nSPS) is 16.6. The van der Waals surface area contributed by atoms with E-state index in [1.165, 1.54) is 24.4 Å². The van der Waals surface area contributed by atoms with E-state index >= 15 is 0 Å². The monoisotopic (exact) mass is 481 g/mol. The van der Waals surface area contributed by atoms with Gasteiger partial charge in [-0.1, -0.05) is 6.58 Å². The molecule has 0 bridgehead atoms. The number of nitrogens with one attached hydrogen (secondary N) is 1. The molecule has 1 unspecified atom stereocenters. The first kappa shape index (κ1) is 24.3. The lowest BCUT2D eigenvalue weighted by Crippen LogP contribution is -2.27. The van der Waals surface area contributed by atoms with Crippen molar-refractivity contribution in [3.05, 3.63) is 101 Å². The quantitative estimate of drug-likeness (QED) is 0.464. The van der Waals surface area contributed by atoms with Crippen molar-refractivity contribution < 1.29 is 18.0 Å². The molecular formula is C26H26F3N5O. The zero-order valence-corrected chi connectivity index (χ0v) is 19.5. The lowest BCUT2D eigenvalue weighted by Gasteiger charge is -2.27. The highest BCUT2D eigenvalue weighted by molar-refractivity contribution is 5.95. The molecular weight excluding hydrogens is 455 g/mol. The van der Waals surface area contributed by atoms with Crippen molar-refractivity contribution in [1.29, 1.82) is 0 Å². The smallest absolute Gasteiger partial charge is 0.255 e. The van der Waals surface area contributed by atoms with E-state index in [4.69, 9.17) is 0 Å². The summed E-state index contributed by atoms with van der Waals surface area (Å²) in [5.41, 5.74) is 2.48. The van der Waals surface area contributed by atoms with E-state index in [0.29, 0.717) is 41.2 Å². The van der Waals surface area contributed by atoms with Crippen LogP contribution in [-0.2, 0) is 0 Å². The first-order valence-corrected chi connectivity index (χ1v) is 11.3. The average Bonchev–Trinajstić information content (AvgIpc) is 3.46. The Hall–Kier alpha value is -3.88. The van der Waals surface area contributed by atoms with Gasteiger partial charge in [-0.05, 0) is 63.1 Å². The number of aromatic nitrogens is 3. The molecule has 9 heteroatoms. The molecule has 1 aliphatic rings. The second-order valence-corrected chi connectivity index (χ2v) is 8.51. The highest BCUT2D eigenvalue weighted by Crippen LogP contribution is 2.36. The Kier molecular flexibility index (Phi) is 7.04. The summed E-state index contributed by atoms with van der Waals surface area (Å²) in [5.74, 6) is -1.69. The van der Waals surface area contributed by atoms with E-state index in [2.05, 4.69) is 22.0 Å². The van der Waals surface area contributed by atoms with Crippen LogP contribution in [0.1, 0.15) is 59.2 Å². The van der Waals surface area contributed by atoms with E-state index in [9.17, 15) is 18.0 Å². The third-order valence-corrected chi connectivity index (χ3v) is 6.18. The molecule has 1 N–H and O–H groups in total. The number of carbonyl (C=O) groups excluding carboxylic acids is 1. The van der Waals surface area contributed by atoms with Crippen LogP contribution in [0.25, 0.3) is 6.20 Å². The number of rotatable bonds is 7. The Labute approximate surface area is 201 Å². The Morgan fingerprint density at radius 2 is 1.97 bits per heavy atom. The summed E-state index contributed by atoms with van der Waals surface area (Å²) in [6.07, 6.45) is 7.51. The Morgan fingerprint density at radius 1 is 1.20 bits per heavy atom. The van der Waals surface area contributed by atoms with Crippen molar-refractivity contribution in [2.75, 3.05) is 6.54 Å². The zero-order valence-electron chi connectivity index (χ0n) is 19.5. The fraction of sp³-hybridized carbons (Fsp3) is 0.269. The summed E-state index contributed by atoms with van der Waals surface area (Å²) >= 11 is 0. The molecule has 4 rings (SSSR count). The Bertz CT molecular complexity index is 1270. The molecule has 35 heavy (non-hydrogen) atoms. The van der Waals surface area contributed by atoms with Gasteiger partial charge in [-0.15, -0.1) is 0 Å². The summed E-state index contributed by atoms with van der Waals surface area (Å²) < 4.78 is 42.7. The van der Waals surface area contributed by atoms with E-state index in [1.807, 2.05) is 4.90 Å². The van der Waals surface area contributed by atoms with Crippen LogP contribution in [0.4, 0.5) is 13.2 Å². The van der Waals surface area contributed by atoms with Gasteiger partial charge in [0.15, 0.2) is 0 Å². The van der Waals surface area contributed by atoms with Gasteiger partial charge >= 0.3 is 0 Å². The van der Waals surface area contributed by atoms with Crippen LogP contribution in [0.5, 0.6) is 0 Å². The first-order valence-electron chi connectivity index (χ1n) is 11.3. The van der Waals surface area contributed by atoms with Gasteiger partial charge in [0.2, 0.25) is 0 Å². The topological polar surface area (TPSA) is 63.1 Å². The summed E-state index contributed by atoms with van der Waals surface area (Å²) in [6, 6.07) is 5.58. The SMILES string of the molecule is C=C(/C=C\n1ncc(C(=O)NC(C)c2ccc(F)cn2)c1C)N1CCC[C@@H]1c1cc(F)ccc1F. The van der Waals surface area contributed by atoms with Crippen LogP contribution < -0.4 is 5.32 Å². The standard InChI is InChI=1S/C26H26F3N5O/c1-16(33-11-4-5-25(33)21-13-19(27)6-8-23(21)29)10-12-34-18(3)22(15-31-34)26(35)32-17(2)24-9-7-20(28)14-30-24/h6-10,12-15,17,25H,1,4-5,11H2,2-3H3,(H,32,35)/b12-10-/t17?,25-/m1/s1. The van der Waals surface area contributed by atoms with Gasteiger partial charge in [0, 0.05) is 24.0 Å². The third kappa shape index (κ3) is 5.29. The maximum absolute atomic E-state index is 14.3. The van der Waals surface area contributed by atoms with Crippen molar-refractivity contribution in [2.45, 2.75) is 38.8 Å². The molecule has 1 saturated heterocycles. The Morgan fingerprint density at radius 3 is 2.71 bits per heavy atom. The van der Waals surface area contributed by atoms with Gasteiger partial charge in [-0.3, -0.25) is 9.78 Å². The molecule has 0 radical (unpaired) electrons. The van der Waals surface area contributed by atoms with Gasteiger partial charge in [0.25, 0.3) is 5.91 Å². The van der Waals surface area contributed by atoms with Gasteiger partial charge in [-0.2, -0.15) is 5.10 Å². The molecule has 6 nitrogen and oxygen atoms in total. The van der Waals surface area contributed by atoms with Crippen molar-refractivity contribution in [3.63, 3.8) is 0 Å². The van der Waals surface area contributed by atoms with Crippen molar-refractivity contribution in [1.82, 2.24) is 25.0 Å². The highest BCUT2D eigenvalue weighted by Gasteiger charge is 2.28. The molecule has 0 aliphatic carbocycles. The number of hydrogen-bond acceptors (Lipinski definition) is 4. The second kappa shape index (κ2) is 10.2. The molecule has 0 saturated carbocycles. The second-order valence-electron chi connectivity index (χ2n) is 8.51. The number of carbonyl (C=O) groups is 1. The van der Waals surface area contributed by atoms with Crippen LogP contribution in [0, 0.1) is 24.4 Å². The predicted octanol–water partition coefficient (Wildman–Crippen LogP) is 5.32. The molecule has 3 heterocycles. The van der Waals surface area contributed by atoms with Crippen LogP contribution in [-0.4, -0.2) is 32.1 Å².